The Balaban J connectivity index is -0.000000248. The number of carbonyl (C=O) groups is 1. The van der Waals surface area contributed by atoms with Crippen LogP contribution in [0.1, 0.15) is 120 Å². The molecule has 4 N–H and O–H groups in total. The zero-order chi connectivity index (χ0) is 40.0. The molecule has 0 spiro atoms. The first kappa shape index (κ1) is 63.2. The predicted octanol–water partition coefficient (Wildman–Crippen LogP) is 12.1. The Morgan fingerprint density at radius 1 is 0.542 bits per heavy atom. The molecule has 0 aliphatic carbocycles. The Hall–Kier alpha value is -4.95. The van der Waals surface area contributed by atoms with E-state index in [-0.39, 0.29) is 79.4 Å². The summed E-state index contributed by atoms with van der Waals surface area (Å²) in [5.74, 6) is -0.521. The molecule has 14 nitrogen and oxygen atoms in total. The number of hydrogen-bond donors (Lipinski definition) is 4. The van der Waals surface area contributed by atoms with Crippen LogP contribution in [0.3, 0.4) is 0 Å². The topological polar surface area (TPSA) is 181 Å². The second kappa shape index (κ2) is 39.9. The van der Waals surface area contributed by atoms with Gasteiger partial charge in [0.2, 0.25) is 11.5 Å². The quantitative estimate of drug-likeness (QED) is 0.0261. The molecular formula is C45H72O14. The second-order valence-electron chi connectivity index (χ2n) is 11.1. The molecule has 59 heavy (non-hydrogen) atoms. The Bertz CT molecular complexity index is 1550. The number of rotatable bonds is 21. The van der Waals surface area contributed by atoms with E-state index in [1.54, 1.807) is 6.92 Å². The van der Waals surface area contributed by atoms with Gasteiger partial charge in [0, 0.05) is 0 Å². The Morgan fingerprint density at radius 3 is 1.37 bits per heavy atom. The maximum atomic E-state index is 10.4. The molecule has 0 amide bonds. The lowest BCUT2D eigenvalue weighted by Crippen LogP contribution is -2.07. The molecule has 0 aromatic heterocycles. The van der Waals surface area contributed by atoms with Gasteiger partial charge >= 0.3 is 5.97 Å². The van der Waals surface area contributed by atoms with E-state index in [9.17, 15) is 4.79 Å². The van der Waals surface area contributed by atoms with Crippen molar-refractivity contribution >= 4 is 5.97 Å². The van der Waals surface area contributed by atoms with Crippen molar-refractivity contribution in [3.63, 3.8) is 0 Å². The van der Waals surface area contributed by atoms with Crippen molar-refractivity contribution in [2.75, 3.05) is 33.0 Å². The first-order chi connectivity index (χ1) is 26.1. The lowest BCUT2D eigenvalue weighted by Gasteiger charge is -2.14. The molecule has 0 heterocycles. The van der Waals surface area contributed by atoms with Gasteiger partial charge in [0.05, 0.1) is 38.1 Å². The van der Waals surface area contributed by atoms with Gasteiger partial charge in [-0.25, -0.2) is 25.2 Å². The van der Waals surface area contributed by atoms with Crippen molar-refractivity contribution in [2.45, 2.75) is 103 Å². The normalized spacial score (nSPS) is 10.7. The van der Waals surface area contributed by atoms with Crippen molar-refractivity contribution in [3.05, 3.63) is 142 Å². The zero-order valence-electron chi connectivity index (χ0n) is 31.5. The molecule has 3 aromatic rings. The van der Waals surface area contributed by atoms with Crippen LogP contribution in [-0.2, 0) is 48.8 Å². The van der Waals surface area contributed by atoms with E-state index < -0.39 is 12.6 Å². The fraction of sp³-hybridized carbons (Fsp3) is 0.444. The van der Waals surface area contributed by atoms with Gasteiger partial charge < -0.3 is 24.7 Å². The van der Waals surface area contributed by atoms with Gasteiger partial charge in [-0.15, -0.1) is 0 Å². The van der Waals surface area contributed by atoms with E-state index in [0.717, 1.165) is 16.7 Å². The summed E-state index contributed by atoms with van der Waals surface area (Å²) in [6, 6.07) is 28.8. The monoisotopic (exact) mass is 836 g/mol. The van der Waals surface area contributed by atoms with Crippen LogP contribution in [0.4, 0.5) is 0 Å². The third-order valence-corrected chi connectivity index (χ3v) is 7.10. The van der Waals surface area contributed by atoms with Crippen LogP contribution in [0, 0.1) is 0 Å². The molecule has 336 valence electrons. The minimum absolute atomic E-state index is 0. The molecule has 0 saturated heterocycles. The standard InChI is InChI=1S/C18H26O6.C12H14O6.C10H12O2.5CH4/c1-5-19-22-14-17(23-20-6-2)13-18(24-21-7-3)15(4)16-11-9-8-10-12-16;1-9(10-5-3-2-4-6-10)12(18-15)7-11(17-14)8-16-13;1-8(7-10(11)12)9-5-3-2-4-6-9;;;;;/h8-12,15H,5-7,14H2,1-4H3;2-6,9,13-15H,8H2,1H3;2-6,8H,7H2,1H3,(H,11,12);5*1H4/t13?,15-;7?,9-;8-;;;;;/m110...../s1. The van der Waals surface area contributed by atoms with Gasteiger partial charge in [-0.1, -0.05) is 149 Å². The number of aliphatic carboxylic acids is 1. The Kier molecular flexibility index (Phi) is 42.7. The lowest BCUT2D eigenvalue weighted by molar-refractivity contribution is -0.314. The van der Waals surface area contributed by atoms with Gasteiger partial charge in [-0.05, 0) is 54.8 Å². The number of carboxylic acid groups (broad SMARTS) is 1. The van der Waals surface area contributed by atoms with Crippen LogP contribution in [0.2, 0.25) is 0 Å². The summed E-state index contributed by atoms with van der Waals surface area (Å²) >= 11 is 0. The van der Waals surface area contributed by atoms with Crippen molar-refractivity contribution in [1.29, 1.82) is 0 Å². The van der Waals surface area contributed by atoms with Crippen LogP contribution < -0.4 is 0 Å². The Morgan fingerprint density at radius 2 is 0.966 bits per heavy atom. The molecule has 0 radical (unpaired) electrons. The van der Waals surface area contributed by atoms with Gasteiger partial charge in [-0.2, -0.15) is 9.78 Å². The lowest BCUT2D eigenvalue weighted by atomic mass is 9.98. The average molecular weight is 837 g/mol. The van der Waals surface area contributed by atoms with Gasteiger partial charge in [0.1, 0.15) is 0 Å². The summed E-state index contributed by atoms with van der Waals surface area (Å²) in [7, 11) is 0. The highest BCUT2D eigenvalue weighted by molar-refractivity contribution is 5.67. The molecule has 14 heteroatoms. The third kappa shape index (κ3) is 27.4. The zero-order valence-corrected chi connectivity index (χ0v) is 31.5. The molecular weight excluding hydrogens is 764 g/mol. The van der Waals surface area contributed by atoms with Crippen molar-refractivity contribution in [2.24, 2.45) is 0 Å². The van der Waals surface area contributed by atoms with Crippen LogP contribution in [0.15, 0.2) is 125 Å². The SMILES string of the molecule is C.C.C.C.C.CCOOCC(=C=C(OOCC)[C@H](C)c1ccccc1)OOCC.C[C@@H](C(=C=C(COO)OO)OO)c1ccccc1.C[C@@H](CC(=O)O)c1ccccc1. The highest BCUT2D eigenvalue weighted by atomic mass is 17.2. The first-order valence-corrected chi connectivity index (χ1v) is 17.2. The molecule has 0 aliphatic rings. The minimum Gasteiger partial charge on any atom is -0.481 e. The summed E-state index contributed by atoms with van der Waals surface area (Å²) in [6.45, 7) is 12.0. The molecule has 3 aromatic carbocycles. The molecule has 0 saturated carbocycles. The molecule has 3 rings (SSSR count). The molecule has 0 aliphatic heterocycles. The molecule has 0 unspecified atom stereocenters. The van der Waals surface area contributed by atoms with Crippen molar-refractivity contribution < 1.29 is 69.7 Å². The fourth-order valence-electron chi connectivity index (χ4n) is 4.29. The average Bonchev–Trinajstić information content (AvgIpc) is 3.20. The van der Waals surface area contributed by atoms with E-state index in [1.807, 2.05) is 126 Å². The number of hydrogen-bond acceptors (Lipinski definition) is 13. The summed E-state index contributed by atoms with van der Waals surface area (Å²) in [6.07, 6.45) is 0.198. The van der Waals surface area contributed by atoms with Crippen molar-refractivity contribution in [1.82, 2.24) is 0 Å². The smallest absolute Gasteiger partial charge is 0.303 e. The third-order valence-electron chi connectivity index (χ3n) is 7.10. The maximum absolute atomic E-state index is 10.4. The molecule has 0 fully saturated rings. The minimum atomic E-state index is -0.744. The molecule has 0 bridgehead atoms. The Labute approximate surface area is 353 Å². The van der Waals surface area contributed by atoms with Crippen LogP contribution in [0.25, 0.3) is 0 Å². The van der Waals surface area contributed by atoms with E-state index in [4.69, 9.17) is 50.2 Å². The van der Waals surface area contributed by atoms with Gasteiger partial charge in [0.25, 0.3) is 0 Å². The van der Waals surface area contributed by atoms with Gasteiger partial charge in [-0.3, -0.25) is 10.1 Å². The van der Waals surface area contributed by atoms with E-state index in [1.165, 1.54) is 0 Å². The summed E-state index contributed by atoms with van der Waals surface area (Å²) < 4.78 is 0. The van der Waals surface area contributed by atoms with Crippen LogP contribution in [0.5, 0.6) is 0 Å². The van der Waals surface area contributed by atoms with E-state index in [0.29, 0.717) is 31.3 Å². The summed E-state index contributed by atoms with van der Waals surface area (Å²) in [5.41, 5.74) is 8.48. The second-order valence-corrected chi connectivity index (χ2v) is 11.1. The van der Waals surface area contributed by atoms with E-state index in [2.05, 4.69) is 26.1 Å². The van der Waals surface area contributed by atoms with Crippen LogP contribution >= 0.6 is 0 Å². The number of benzene rings is 3. The fourth-order valence-corrected chi connectivity index (χ4v) is 4.29. The summed E-state index contributed by atoms with van der Waals surface area (Å²) in [5, 5.41) is 34.1. The highest BCUT2D eigenvalue weighted by Crippen LogP contribution is 2.25. The van der Waals surface area contributed by atoms with Crippen LogP contribution in [-0.4, -0.2) is 59.9 Å². The van der Waals surface area contributed by atoms with Gasteiger partial charge in [0.15, 0.2) is 24.7 Å². The maximum Gasteiger partial charge on any atom is 0.303 e. The highest BCUT2D eigenvalue weighted by Gasteiger charge is 2.16. The largest absolute Gasteiger partial charge is 0.481 e. The molecule has 3 atom stereocenters. The predicted molar refractivity (Wildman–Crippen MR) is 231 cm³/mol. The van der Waals surface area contributed by atoms with Crippen molar-refractivity contribution in [3.8, 4) is 0 Å². The summed E-state index contributed by atoms with van der Waals surface area (Å²) in [4.78, 5) is 52.8. The number of carboxylic acids is 1. The van der Waals surface area contributed by atoms with E-state index >= 15 is 0 Å². The first-order valence-electron chi connectivity index (χ1n) is 17.2.